The van der Waals surface area contributed by atoms with Crippen molar-refractivity contribution in [2.45, 2.75) is 26.8 Å². The fraction of sp³-hybridized carbons (Fsp3) is 0.208. The van der Waals surface area contributed by atoms with E-state index in [1.165, 1.54) is 31.3 Å². The highest BCUT2D eigenvalue weighted by molar-refractivity contribution is 6.05. The van der Waals surface area contributed by atoms with Gasteiger partial charge in [0.2, 0.25) is 5.88 Å². The van der Waals surface area contributed by atoms with E-state index in [2.05, 4.69) is 15.6 Å². The standard InChI is InChI=1S/C24H24FN3O3/c1-4-31-22-14-18(10-11-26-22)23(29)28-21-13-19(12-20(25)15(21)2)24(30)27-16(3)17-8-6-5-7-9-17/h5-14,16H,4H2,1-3H3,(H,27,30)(H,28,29). The van der Waals surface area contributed by atoms with Gasteiger partial charge < -0.3 is 15.4 Å². The van der Waals surface area contributed by atoms with Crippen LogP contribution < -0.4 is 15.4 Å². The van der Waals surface area contributed by atoms with Gasteiger partial charge in [0.1, 0.15) is 5.82 Å². The second-order valence-corrected chi connectivity index (χ2v) is 7.01. The predicted octanol–water partition coefficient (Wildman–Crippen LogP) is 4.67. The first-order valence-electron chi connectivity index (χ1n) is 9.95. The Balaban J connectivity index is 1.80. The highest BCUT2D eigenvalue weighted by Crippen LogP contribution is 2.23. The molecule has 3 aromatic rings. The van der Waals surface area contributed by atoms with E-state index in [-0.39, 0.29) is 22.9 Å². The highest BCUT2D eigenvalue weighted by Gasteiger charge is 2.17. The fourth-order valence-corrected chi connectivity index (χ4v) is 3.02. The zero-order valence-electron chi connectivity index (χ0n) is 17.6. The summed E-state index contributed by atoms with van der Waals surface area (Å²) < 4.78 is 19.8. The van der Waals surface area contributed by atoms with Crippen molar-refractivity contribution >= 4 is 17.5 Å². The van der Waals surface area contributed by atoms with Gasteiger partial charge in [-0.1, -0.05) is 30.3 Å². The highest BCUT2D eigenvalue weighted by atomic mass is 19.1. The Morgan fingerprint density at radius 2 is 1.81 bits per heavy atom. The van der Waals surface area contributed by atoms with Gasteiger partial charge in [-0.05, 0) is 44.5 Å². The summed E-state index contributed by atoms with van der Waals surface area (Å²) in [6.45, 7) is 5.62. The number of carbonyl (C=O) groups is 2. The van der Waals surface area contributed by atoms with E-state index < -0.39 is 17.6 Å². The van der Waals surface area contributed by atoms with Gasteiger partial charge in [0.15, 0.2) is 0 Å². The van der Waals surface area contributed by atoms with E-state index in [1.54, 1.807) is 0 Å². The van der Waals surface area contributed by atoms with Crippen molar-refractivity contribution in [3.8, 4) is 5.88 Å². The van der Waals surface area contributed by atoms with Crippen LogP contribution in [0.15, 0.2) is 60.8 Å². The number of nitrogens with zero attached hydrogens (tertiary/aromatic N) is 1. The molecule has 1 unspecified atom stereocenters. The van der Waals surface area contributed by atoms with Gasteiger partial charge in [-0.15, -0.1) is 0 Å². The molecule has 6 nitrogen and oxygen atoms in total. The van der Waals surface area contributed by atoms with E-state index in [9.17, 15) is 14.0 Å². The third-order valence-corrected chi connectivity index (χ3v) is 4.79. The molecule has 7 heteroatoms. The molecule has 3 rings (SSSR count). The molecule has 0 bridgehead atoms. The summed E-state index contributed by atoms with van der Waals surface area (Å²) in [5.41, 5.74) is 1.81. The summed E-state index contributed by atoms with van der Waals surface area (Å²) in [6.07, 6.45) is 1.46. The van der Waals surface area contributed by atoms with Gasteiger partial charge in [-0.2, -0.15) is 0 Å². The first-order chi connectivity index (χ1) is 14.9. The molecule has 1 aromatic heterocycles. The Kier molecular flexibility index (Phi) is 6.97. The van der Waals surface area contributed by atoms with Crippen molar-refractivity contribution in [1.29, 1.82) is 0 Å². The molecular weight excluding hydrogens is 397 g/mol. The van der Waals surface area contributed by atoms with Gasteiger partial charge in [-0.3, -0.25) is 9.59 Å². The van der Waals surface area contributed by atoms with E-state index in [0.717, 1.165) is 11.6 Å². The van der Waals surface area contributed by atoms with Crippen LogP contribution in [-0.2, 0) is 0 Å². The average Bonchev–Trinajstić information content (AvgIpc) is 2.77. The van der Waals surface area contributed by atoms with Gasteiger partial charge in [0.25, 0.3) is 11.8 Å². The van der Waals surface area contributed by atoms with Crippen LogP contribution in [0.1, 0.15) is 51.7 Å². The lowest BCUT2D eigenvalue weighted by molar-refractivity contribution is 0.0938. The molecule has 0 aliphatic carbocycles. The lowest BCUT2D eigenvalue weighted by Gasteiger charge is -2.16. The van der Waals surface area contributed by atoms with Crippen LogP contribution >= 0.6 is 0 Å². The minimum Gasteiger partial charge on any atom is -0.478 e. The first-order valence-corrected chi connectivity index (χ1v) is 9.95. The zero-order chi connectivity index (χ0) is 22.4. The van der Waals surface area contributed by atoms with Crippen LogP contribution in [0.3, 0.4) is 0 Å². The third kappa shape index (κ3) is 5.45. The average molecular weight is 421 g/mol. The van der Waals surface area contributed by atoms with E-state index >= 15 is 0 Å². The summed E-state index contributed by atoms with van der Waals surface area (Å²) in [7, 11) is 0. The molecule has 0 fully saturated rings. The number of halogens is 1. The summed E-state index contributed by atoms with van der Waals surface area (Å²) in [5, 5.41) is 5.52. The van der Waals surface area contributed by atoms with E-state index in [4.69, 9.17) is 4.74 Å². The number of amides is 2. The molecule has 0 saturated heterocycles. The monoisotopic (exact) mass is 421 g/mol. The molecule has 0 radical (unpaired) electrons. The Morgan fingerprint density at radius 3 is 2.52 bits per heavy atom. The summed E-state index contributed by atoms with van der Waals surface area (Å²) in [4.78, 5) is 29.4. The SMILES string of the molecule is CCOc1cc(C(=O)Nc2cc(C(=O)NC(C)c3ccccc3)cc(F)c2C)ccn1. The van der Waals surface area contributed by atoms with Crippen molar-refractivity contribution in [1.82, 2.24) is 10.3 Å². The third-order valence-electron chi connectivity index (χ3n) is 4.79. The smallest absolute Gasteiger partial charge is 0.255 e. The minimum absolute atomic E-state index is 0.117. The van der Waals surface area contributed by atoms with Crippen molar-refractivity contribution < 1.29 is 18.7 Å². The maximum Gasteiger partial charge on any atom is 0.255 e. The lowest BCUT2D eigenvalue weighted by atomic mass is 10.1. The number of nitrogens with one attached hydrogen (secondary N) is 2. The van der Waals surface area contributed by atoms with Crippen LogP contribution in [0.5, 0.6) is 5.88 Å². The predicted molar refractivity (Wildman–Crippen MR) is 117 cm³/mol. The molecule has 2 aromatic carbocycles. The maximum atomic E-state index is 14.5. The zero-order valence-corrected chi connectivity index (χ0v) is 17.6. The minimum atomic E-state index is -0.583. The molecule has 160 valence electrons. The number of carbonyl (C=O) groups excluding carboxylic acids is 2. The second-order valence-electron chi connectivity index (χ2n) is 7.01. The normalized spacial score (nSPS) is 11.5. The number of ether oxygens (including phenoxy) is 1. The number of aromatic nitrogens is 1. The number of anilines is 1. The van der Waals surface area contributed by atoms with Crippen molar-refractivity contribution in [2.75, 3.05) is 11.9 Å². The Morgan fingerprint density at radius 1 is 1.06 bits per heavy atom. The van der Waals surface area contributed by atoms with E-state index in [0.29, 0.717) is 18.1 Å². The Labute approximate surface area is 180 Å². The van der Waals surface area contributed by atoms with Gasteiger partial charge in [0.05, 0.1) is 12.6 Å². The van der Waals surface area contributed by atoms with Crippen LogP contribution in [0.2, 0.25) is 0 Å². The number of benzene rings is 2. The molecule has 1 atom stereocenters. The molecule has 2 amide bonds. The summed E-state index contributed by atoms with van der Waals surface area (Å²) in [5.74, 6) is -1.16. The van der Waals surface area contributed by atoms with Crippen LogP contribution in [0.25, 0.3) is 0 Å². The van der Waals surface area contributed by atoms with Crippen molar-refractivity contribution in [3.63, 3.8) is 0 Å². The molecular formula is C24H24FN3O3. The molecule has 31 heavy (non-hydrogen) atoms. The van der Waals surface area contributed by atoms with Crippen LogP contribution in [0, 0.1) is 12.7 Å². The number of hydrogen-bond donors (Lipinski definition) is 2. The summed E-state index contributed by atoms with van der Waals surface area (Å²) in [6, 6.07) is 14.9. The molecule has 0 saturated carbocycles. The largest absolute Gasteiger partial charge is 0.478 e. The Bertz CT molecular complexity index is 1090. The van der Waals surface area contributed by atoms with Gasteiger partial charge in [-0.25, -0.2) is 9.37 Å². The first kappa shape index (κ1) is 22.0. The fourth-order valence-electron chi connectivity index (χ4n) is 3.02. The van der Waals surface area contributed by atoms with Gasteiger partial charge >= 0.3 is 0 Å². The van der Waals surface area contributed by atoms with Gasteiger partial charge in [0, 0.05) is 34.6 Å². The topological polar surface area (TPSA) is 80.3 Å². The number of pyridine rings is 1. The molecule has 0 spiro atoms. The number of rotatable bonds is 7. The summed E-state index contributed by atoms with van der Waals surface area (Å²) >= 11 is 0. The van der Waals surface area contributed by atoms with Crippen molar-refractivity contribution in [3.05, 3.63) is 88.9 Å². The van der Waals surface area contributed by atoms with E-state index in [1.807, 2.05) is 44.2 Å². The quantitative estimate of drug-likeness (QED) is 0.581. The van der Waals surface area contributed by atoms with Crippen LogP contribution in [0.4, 0.5) is 10.1 Å². The number of hydrogen-bond acceptors (Lipinski definition) is 4. The molecule has 0 aliphatic rings. The molecule has 0 aliphatic heterocycles. The molecule has 1 heterocycles. The molecule has 2 N–H and O–H groups in total. The second kappa shape index (κ2) is 9.84. The Hall–Kier alpha value is -3.74. The lowest BCUT2D eigenvalue weighted by Crippen LogP contribution is -2.27. The maximum absolute atomic E-state index is 14.5. The van der Waals surface area contributed by atoms with Crippen molar-refractivity contribution in [2.24, 2.45) is 0 Å². The van der Waals surface area contributed by atoms with Crippen LogP contribution in [-0.4, -0.2) is 23.4 Å².